The first-order valence-corrected chi connectivity index (χ1v) is 8.91. The van der Waals surface area contributed by atoms with Crippen LogP contribution in [0.25, 0.3) is 0 Å². The van der Waals surface area contributed by atoms with Crippen LogP contribution in [0.3, 0.4) is 0 Å². The van der Waals surface area contributed by atoms with Gasteiger partial charge in [-0.15, -0.1) is 0 Å². The Morgan fingerprint density at radius 2 is 1.78 bits per heavy atom. The van der Waals surface area contributed by atoms with Gasteiger partial charge in [-0.2, -0.15) is 0 Å². The van der Waals surface area contributed by atoms with Gasteiger partial charge in [0.05, 0.1) is 16.8 Å². The lowest BCUT2D eigenvalue weighted by Crippen LogP contribution is -2.45. The van der Waals surface area contributed by atoms with Crippen LogP contribution < -0.4 is 5.32 Å². The second-order valence-corrected chi connectivity index (χ2v) is 7.68. The predicted molar refractivity (Wildman–Crippen MR) is 89.4 cm³/mol. The van der Waals surface area contributed by atoms with Crippen molar-refractivity contribution in [1.82, 2.24) is 4.31 Å². The lowest BCUT2D eigenvalue weighted by molar-refractivity contribution is 0.226. The number of hydrogen-bond acceptors (Lipinski definition) is 3. The Kier molecular flexibility index (Phi) is 4.00. The number of halogens is 2. The highest BCUT2D eigenvalue weighted by Gasteiger charge is 2.41. The summed E-state index contributed by atoms with van der Waals surface area (Å²) in [5.41, 5.74) is 0.781. The van der Waals surface area contributed by atoms with Crippen molar-refractivity contribution in [1.29, 1.82) is 0 Å². The number of benzene rings is 2. The smallest absolute Gasteiger partial charge is 0.305 e. The molecule has 1 atom stereocenters. The number of sulfonamides is 1. The quantitative estimate of drug-likeness (QED) is 0.856. The molecule has 0 aliphatic carbocycles. The summed E-state index contributed by atoms with van der Waals surface area (Å²) in [4.78, 5) is 12.2. The van der Waals surface area contributed by atoms with Gasteiger partial charge in [-0.1, -0.05) is 53.5 Å². The van der Waals surface area contributed by atoms with E-state index in [2.05, 4.69) is 5.32 Å². The number of rotatable bonds is 2. The van der Waals surface area contributed by atoms with Crippen molar-refractivity contribution in [3.05, 3.63) is 58.1 Å². The molecule has 0 fully saturated rings. The van der Waals surface area contributed by atoms with E-state index < -0.39 is 22.1 Å². The molecule has 3 rings (SSSR count). The van der Waals surface area contributed by atoms with Gasteiger partial charge in [0, 0.05) is 5.02 Å². The zero-order chi connectivity index (χ0) is 16.8. The summed E-state index contributed by atoms with van der Waals surface area (Å²) in [5, 5.41) is 2.75. The van der Waals surface area contributed by atoms with Crippen LogP contribution in [0.2, 0.25) is 10.0 Å². The van der Waals surface area contributed by atoms with Crippen LogP contribution in [0.4, 0.5) is 10.5 Å². The molecular weight excluding hydrogens is 359 g/mol. The predicted octanol–water partition coefficient (Wildman–Crippen LogP) is 4.29. The monoisotopic (exact) mass is 370 g/mol. The average molecular weight is 371 g/mol. The standard InChI is InChI=1S/C15H12Cl2N2O3S/c1-9(10-5-3-2-4-6-10)19-15(20)18-13-8-11(16)7-12(17)14(13)23(19,21)22/h2-9H,1H3,(H,18,20)/t9-/m1/s1. The summed E-state index contributed by atoms with van der Waals surface area (Å²) >= 11 is 11.9. The fraction of sp³-hybridized carbons (Fsp3) is 0.133. The lowest BCUT2D eigenvalue weighted by Gasteiger charge is -2.33. The number of carbonyl (C=O) groups excluding carboxylic acids is 1. The van der Waals surface area contributed by atoms with E-state index in [0.717, 1.165) is 4.31 Å². The minimum atomic E-state index is -4.10. The van der Waals surface area contributed by atoms with Gasteiger partial charge in [-0.05, 0) is 24.6 Å². The molecule has 2 aromatic rings. The van der Waals surface area contributed by atoms with E-state index in [9.17, 15) is 13.2 Å². The average Bonchev–Trinajstić information content (AvgIpc) is 2.45. The van der Waals surface area contributed by atoms with Crippen molar-refractivity contribution in [3.8, 4) is 0 Å². The van der Waals surface area contributed by atoms with Gasteiger partial charge in [-0.25, -0.2) is 17.5 Å². The van der Waals surface area contributed by atoms with Crippen molar-refractivity contribution < 1.29 is 13.2 Å². The summed E-state index contributed by atoms with van der Waals surface area (Å²) in [6.07, 6.45) is 0. The largest absolute Gasteiger partial charge is 0.336 e. The zero-order valence-corrected chi connectivity index (χ0v) is 14.3. The molecule has 0 spiro atoms. The number of nitrogens with one attached hydrogen (secondary N) is 1. The van der Waals surface area contributed by atoms with Crippen LogP contribution in [-0.4, -0.2) is 18.8 Å². The minimum Gasteiger partial charge on any atom is -0.305 e. The van der Waals surface area contributed by atoms with E-state index >= 15 is 0 Å². The Morgan fingerprint density at radius 1 is 1.13 bits per heavy atom. The highest BCUT2D eigenvalue weighted by Crippen LogP contribution is 2.41. The summed E-state index contributed by atoms with van der Waals surface area (Å²) in [6.45, 7) is 1.64. The van der Waals surface area contributed by atoms with Gasteiger partial charge in [0.2, 0.25) is 0 Å². The SMILES string of the molecule is C[C@H](c1ccccc1)N1C(=O)Nc2cc(Cl)cc(Cl)c2S1(=O)=O. The number of anilines is 1. The Hall–Kier alpha value is -1.76. The van der Waals surface area contributed by atoms with Gasteiger partial charge < -0.3 is 5.32 Å². The molecule has 1 heterocycles. The van der Waals surface area contributed by atoms with Crippen LogP contribution in [0.15, 0.2) is 47.4 Å². The highest BCUT2D eigenvalue weighted by atomic mass is 35.5. The Labute approximate surface area is 143 Å². The van der Waals surface area contributed by atoms with E-state index in [-0.39, 0.29) is 20.6 Å². The summed E-state index contributed by atoms with van der Waals surface area (Å²) in [7, 11) is -4.10. The fourth-order valence-corrected chi connectivity index (χ4v) is 5.02. The first kappa shape index (κ1) is 16.1. The van der Waals surface area contributed by atoms with Crippen molar-refractivity contribution in [2.24, 2.45) is 0 Å². The molecule has 1 N–H and O–H groups in total. The maximum absolute atomic E-state index is 12.9. The topological polar surface area (TPSA) is 66.5 Å². The summed E-state index contributed by atoms with van der Waals surface area (Å²) in [6, 6.07) is 10.2. The van der Waals surface area contributed by atoms with Gasteiger partial charge in [0.25, 0.3) is 10.0 Å². The van der Waals surface area contributed by atoms with Crippen molar-refractivity contribution in [2.75, 3.05) is 5.32 Å². The number of urea groups is 1. The summed E-state index contributed by atoms with van der Waals surface area (Å²) < 4.78 is 26.6. The molecule has 0 radical (unpaired) electrons. The van der Waals surface area contributed by atoms with E-state index in [4.69, 9.17) is 23.2 Å². The first-order valence-electron chi connectivity index (χ1n) is 6.72. The minimum absolute atomic E-state index is 0.0299. The first-order chi connectivity index (χ1) is 10.8. The molecule has 8 heteroatoms. The second-order valence-electron chi connectivity index (χ2n) is 5.08. The van der Waals surface area contributed by atoms with Crippen LogP contribution >= 0.6 is 23.2 Å². The highest BCUT2D eigenvalue weighted by molar-refractivity contribution is 7.90. The maximum atomic E-state index is 12.9. The number of hydrogen-bond donors (Lipinski definition) is 1. The molecule has 0 bridgehead atoms. The second kappa shape index (κ2) is 5.70. The number of carbonyl (C=O) groups is 1. The van der Waals surface area contributed by atoms with E-state index in [0.29, 0.717) is 5.56 Å². The molecule has 1 aliphatic heterocycles. The molecule has 2 aromatic carbocycles. The van der Waals surface area contributed by atoms with Crippen LogP contribution in [0.5, 0.6) is 0 Å². The normalized spacial score (nSPS) is 17.3. The third-order valence-corrected chi connectivity index (χ3v) is 6.18. The van der Waals surface area contributed by atoms with E-state index in [1.807, 2.05) is 6.07 Å². The van der Waals surface area contributed by atoms with Crippen LogP contribution in [-0.2, 0) is 10.0 Å². The molecule has 1 aliphatic rings. The molecule has 0 saturated carbocycles. The fourth-order valence-electron chi connectivity index (χ4n) is 2.54. The number of nitrogens with zero attached hydrogens (tertiary/aromatic N) is 1. The molecule has 23 heavy (non-hydrogen) atoms. The number of amides is 2. The number of fused-ring (bicyclic) bond motifs is 1. The Bertz CT molecular complexity index is 885. The molecule has 2 amide bonds. The maximum Gasteiger partial charge on any atom is 0.336 e. The molecule has 0 unspecified atom stereocenters. The Balaban J connectivity index is 2.15. The third-order valence-electron chi connectivity index (χ3n) is 3.60. The molecule has 0 saturated heterocycles. The van der Waals surface area contributed by atoms with Crippen molar-refractivity contribution in [2.45, 2.75) is 17.9 Å². The van der Waals surface area contributed by atoms with Gasteiger partial charge in [-0.3, -0.25) is 0 Å². The third kappa shape index (κ3) is 2.67. The molecule has 0 aromatic heterocycles. The van der Waals surface area contributed by atoms with Crippen molar-refractivity contribution in [3.63, 3.8) is 0 Å². The van der Waals surface area contributed by atoms with Gasteiger partial charge in [0.15, 0.2) is 0 Å². The molecule has 5 nitrogen and oxygen atoms in total. The summed E-state index contributed by atoms with van der Waals surface area (Å²) in [5.74, 6) is 0. The molecule has 120 valence electrons. The zero-order valence-electron chi connectivity index (χ0n) is 12.0. The lowest BCUT2D eigenvalue weighted by atomic mass is 10.1. The van der Waals surface area contributed by atoms with Gasteiger partial charge >= 0.3 is 6.03 Å². The molecular formula is C15H12Cl2N2O3S. The van der Waals surface area contributed by atoms with E-state index in [1.165, 1.54) is 12.1 Å². The van der Waals surface area contributed by atoms with Gasteiger partial charge in [0.1, 0.15) is 4.90 Å². The van der Waals surface area contributed by atoms with E-state index in [1.54, 1.807) is 31.2 Å². The van der Waals surface area contributed by atoms with Crippen LogP contribution in [0, 0.1) is 0 Å². The van der Waals surface area contributed by atoms with Crippen LogP contribution in [0.1, 0.15) is 18.5 Å². The Morgan fingerprint density at radius 3 is 2.43 bits per heavy atom. The van der Waals surface area contributed by atoms with Crippen molar-refractivity contribution >= 4 is 44.9 Å².